The van der Waals surface area contributed by atoms with Gasteiger partial charge in [-0.2, -0.15) is 0 Å². The van der Waals surface area contributed by atoms with E-state index in [0.717, 1.165) is 23.2 Å². The first kappa shape index (κ1) is 19.5. The summed E-state index contributed by atoms with van der Waals surface area (Å²) in [5.41, 5.74) is 3.75. The van der Waals surface area contributed by atoms with Crippen LogP contribution in [0.2, 0.25) is 5.02 Å². The smallest absolute Gasteiger partial charge is 0.269 e. The molecule has 3 atom stereocenters. The molecule has 5 nitrogen and oxygen atoms in total. The van der Waals surface area contributed by atoms with Crippen LogP contribution in [0.3, 0.4) is 0 Å². The monoisotopic (exact) mass is 430 g/mol. The molecule has 3 unspecified atom stereocenters. The van der Waals surface area contributed by atoms with Gasteiger partial charge < -0.3 is 5.32 Å². The predicted octanol–water partition coefficient (Wildman–Crippen LogP) is 6.31. The van der Waals surface area contributed by atoms with Crippen molar-refractivity contribution in [3.8, 4) is 0 Å². The molecule has 1 heterocycles. The van der Waals surface area contributed by atoms with E-state index in [2.05, 4.69) is 17.5 Å². The third kappa shape index (κ3) is 3.41. The third-order valence-electron chi connectivity index (χ3n) is 6.15. The molecule has 1 aliphatic carbocycles. The van der Waals surface area contributed by atoms with Crippen molar-refractivity contribution in [2.75, 3.05) is 5.32 Å². The van der Waals surface area contributed by atoms with Crippen LogP contribution in [0.5, 0.6) is 0 Å². The summed E-state index contributed by atoms with van der Waals surface area (Å²) in [5.74, 6) is 0.166. The van der Waals surface area contributed by atoms with Gasteiger partial charge in [0.1, 0.15) is 0 Å². The zero-order valence-electron chi connectivity index (χ0n) is 16.5. The van der Waals surface area contributed by atoms with Crippen LogP contribution in [-0.2, 0) is 0 Å². The molecule has 0 radical (unpaired) electrons. The first-order valence-electron chi connectivity index (χ1n) is 10.1. The van der Waals surface area contributed by atoms with Crippen molar-refractivity contribution in [2.24, 2.45) is 5.92 Å². The molecule has 1 N–H and O–H groups in total. The van der Waals surface area contributed by atoms with E-state index in [1.54, 1.807) is 30.3 Å². The highest BCUT2D eigenvalue weighted by atomic mass is 35.5. The van der Waals surface area contributed by atoms with Crippen LogP contribution >= 0.6 is 11.6 Å². The SMILES string of the molecule is O=C(c1ccccc1)c1cc(Cl)cc2c1NC(c1cccc([N+](=O)[O-])c1)C1CC=CC21. The summed E-state index contributed by atoms with van der Waals surface area (Å²) in [4.78, 5) is 24.3. The lowest BCUT2D eigenvalue weighted by Crippen LogP contribution is -2.30. The number of halogens is 1. The molecule has 0 amide bonds. The number of anilines is 1. The lowest BCUT2D eigenvalue weighted by atomic mass is 9.76. The second-order valence-electron chi connectivity index (χ2n) is 7.94. The zero-order chi connectivity index (χ0) is 21.5. The van der Waals surface area contributed by atoms with Crippen molar-refractivity contribution >= 4 is 28.8 Å². The fourth-order valence-electron chi connectivity index (χ4n) is 4.75. The molecule has 1 aliphatic heterocycles. The minimum Gasteiger partial charge on any atom is -0.377 e. The molecular weight excluding hydrogens is 412 g/mol. The second kappa shape index (κ2) is 7.67. The van der Waals surface area contributed by atoms with Crippen LogP contribution in [0.1, 0.15) is 45.4 Å². The number of nitrogens with zero attached hydrogens (tertiary/aromatic N) is 1. The van der Waals surface area contributed by atoms with Gasteiger partial charge in [0.25, 0.3) is 5.69 Å². The number of nitro benzene ring substituents is 1. The number of carbonyl (C=O) groups excluding carboxylic acids is 1. The highest BCUT2D eigenvalue weighted by Crippen LogP contribution is 2.51. The molecule has 3 aromatic rings. The van der Waals surface area contributed by atoms with Crippen molar-refractivity contribution in [3.63, 3.8) is 0 Å². The Balaban J connectivity index is 1.64. The number of allylic oxidation sites excluding steroid dienone is 2. The Morgan fingerprint density at radius 2 is 1.87 bits per heavy atom. The molecule has 0 fully saturated rings. The van der Waals surface area contributed by atoms with Gasteiger partial charge in [0.2, 0.25) is 0 Å². The van der Waals surface area contributed by atoms with Crippen molar-refractivity contribution < 1.29 is 9.72 Å². The van der Waals surface area contributed by atoms with E-state index in [-0.39, 0.29) is 34.3 Å². The van der Waals surface area contributed by atoms with Gasteiger partial charge in [-0.1, -0.05) is 66.2 Å². The topological polar surface area (TPSA) is 72.2 Å². The number of non-ortho nitro benzene ring substituents is 1. The van der Waals surface area contributed by atoms with Crippen LogP contribution in [0, 0.1) is 16.0 Å². The van der Waals surface area contributed by atoms with Gasteiger partial charge in [0, 0.05) is 39.9 Å². The number of fused-ring (bicyclic) bond motifs is 3. The summed E-state index contributed by atoms with van der Waals surface area (Å²) in [7, 11) is 0. The van der Waals surface area contributed by atoms with Gasteiger partial charge in [-0.05, 0) is 35.6 Å². The van der Waals surface area contributed by atoms with Gasteiger partial charge in [0.05, 0.1) is 11.0 Å². The molecule has 0 saturated carbocycles. The van der Waals surface area contributed by atoms with Crippen molar-refractivity contribution in [1.82, 2.24) is 0 Å². The quantitative estimate of drug-likeness (QED) is 0.228. The minimum absolute atomic E-state index is 0.0595. The maximum atomic E-state index is 13.3. The van der Waals surface area contributed by atoms with E-state index >= 15 is 0 Å². The number of rotatable bonds is 4. The van der Waals surface area contributed by atoms with E-state index in [0.29, 0.717) is 16.1 Å². The minimum atomic E-state index is -0.380. The van der Waals surface area contributed by atoms with Crippen LogP contribution in [0.15, 0.2) is 78.9 Å². The average molecular weight is 431 g/mol. The van der Waals surface area contributed by atoms with Crippen LogP contribution in [0.25, 0.3) is 0 Å². The van der Waals surface area contributed by atoms with E-state index < -0.39 is 0 Å². The summed E-state index contributed by atoms with van der Waals surface area (Å²) in [6.07, 6.45) is 5.14. The molecule has 0 bridgehead atoms. The summed E-state index contributed by atoms with van der Waals surface area (Å²) in [6.45, 7) is 0. The summed E-state index contributed by atoms with van der Waals surface area (Å²) >= 11 is 6.43. The van der Waals surface area contributed by atoms with E-state index in [1.807, 2.05) is 30.3 Å². The number of ketones is 1. The molecule has 0 spiro atoms. The maximum Gasteiger partial charge on any atom is 0.269 e. The molecule has 0 aromatic heterocycles. The number of hydrogen-bond acceptors (Lipinski definition) is 4. The van der Waals surface area contributed by atoms with E-state index in [4.69, 9.17) is 11.6 Å². The molecular formula is C25H19ClN2O3. The Morgan fingerprint density at radius 3 is 2.65 bits per heavy atom. The van der Waals surface area contributed by atoms with Gasteiger partial charge in [-0.25, -0.2) is 0 Å². The number of benzene rings is 3. The number of hydrogen-bond donors (Lipinski definition) is 1. The Hall–Kier alpha value is -3.44. The molecule has 0 saturated heterocycles. The summed E-state index contributed by atoms with van der Waals surface area (Å²) < 4.78 is 0. The van der Waals surface area contributed by atoms with E-state index in [1.165, 1.54) is 6.07 Å². The van der Waals surface area contributed by atoms with Crippen LogP contribution in [-0.4, -0.2) is 10.7 Å². The van der Waals surface area contributed by atoms with Crippen LogP contribution in [0.4, 0.5) is 11.4 Å². The van der Waals surface area contributed by atoms with Gasteiger partial charge in [0.15, 0.2) is 5.78 Å². The molecule has 31 heavy (non-hydrogen) atoms. The molecule has 5 rings (SSSR count). The lowest BCUT2D eigenvalue weighted by molar-refractivity contribution is -0.384. The standard InChI is InChI=1S/C25H19ClN2O3/c26-17-13-21-19-10-5-11-20(19)23(16-8-4-9-18(12-16)28(30)31)27-24(21)22(14-17)25(29)15-6-2-1-3-7-15/h1-10,12-14,19-20,23,27H,11H2. The first-order chi connectivity index (χ1) is 15.0. The van der Waals surface area contributed by atoms with Gasteiger partial charge in [-0.3, -0.25) is 14.9 Å². The number of nitro groups is 1. The predicted molar refractivity (Wildman–Crippen MR) is 121 cm³/mol. The fourth-order valence-corrected chi connectivity index (χ4v) is 4.98. The van der Waals surface area contributed by atoms with Gasteiger partial charge in [-0.15, -0.1) is 0 Å². The average Bonchev–Trinajstić information content (AvgIpc) is 3.29. The van der Waals surface area contributed by atoms with Crippen molar-refractivity contribution in [2.45, 2.75) is 18.4 Å². The normalized spacial score (nSPS) is 21.1. The Kier molecular flexibility index (Phi) is 4.83. The largest absolute Gasteiger partial charge is 0.377 e. The molecule has 2 aliphatic rings. The summed E-state index contributed by atoms with van der Waals surface area (Å²) in [6, 6.07) is 19.3. The highest BCUT2D eigenvalue weighted by molar-refractivity contribution is 6.31. The highest BCUT2D eigenvalue weighted by Gasteiger charge is 2.40. The molecule has 154 valence electrons. The third-order valence-corrected chi connectivity index (χ3v) is 6.37. The fraction of sp³-hybridized carbons (Fsp3) is 0.160. The number of carbonyl (C=O) groups is 1. The van der Waals surface area contributed by atoms with Crippen molar-refractivity contribution in [1.29, 1.82) is 0 Å². The first-order valence-corrected chi connectivity index (χ1v) is 10.5. The van der Waals surface area contributed by atoms with E-state index in [9.17, 15) is 14.9 Å². The van der Waals surface area contributed by atoms with Crippen molar-refractivity contribution in [3.05, 3.63) is 116 Å². The zero-order valence-corrected chi connectivity index (χ0v) is 17.3. The molecule has 3 aromatic carbocycles. The van der Waals surface area contributed by atoms with Crippen LogP contribution < -0.4 is 5.32 Å². The molecule has 6 heteroatoms. The van der Waals surface area contributed by atoms with Gasteiger partial charge >= 0.3 is 0 Å². The number of nitrogens with one attached hydrogen (secondary N) is 1. The second-order valence-corrected chi connectivity index (χ2v) is 8.38. The maximum absolute atomic E-state index is 13.3. The Labute approximate surface area is 184 Å². The Morgan fingerprint density at radius 1 is 1.06 bits per heavy atom. The summed E-state index contributed by atoms with van der Waals surface area (Å²) in [5, 5.41) is 15.4. The lowest BCUT2D eigenvalue weighted by Gasteiger charge is -2.38. The Bertz CT molecular complexity index is 1220.